The van der Waals surface area contributed by atoms with Gasteiger partial charge in [0.1, 0.15) is 18.1 Å². The number of pyridine rings is 1. The number of aliphatic hydroxyl groups is 1. The summed E-state index contributed by atoms with van der Waals surface area (Å²) in [7, 11) is 0. The van der Waals surface area contributed by atoms with Crippen molar-refractivity contribution in [1.82, 2.24) is 4.98 Å². The number of aliphatic hydroxyl groups excluding tert-OH is 1. The molecule has 1 saturated heterocycles. The molecule has 1 aliphatic rings. The van der Waals surface area contributed by atoms with E-state index in [0.717, 1.165) is 6.20 Å². The third-order valence-electron chi connectivity index (χ3n) is 3.08. The molecule has 2 unspecified atom stereocenters. The zero-order chi connectivity index (χ0) is 14.2. The quantitative estimate of drug-likeness (QED) is 0.598. The lowest BCUT2D eigenvalue weighted by Gasteiger charge is -2.23. The number of aromatic nitrogens is 1. The van der Waals surface area contributed by atoms with Crippen LogP contribution in [0.5, 0.6) is 0 Å². The number of hydrogen-bond donors (Lipinski definition) is 2. The molecule has 0 aliphatic carbocycles. The van der Waals surface area contributed by atoms with Gasteiger partial charge in [0, 0.05) is 19.0 Å². The average Bonchev–Trinajstić information content (AvgIpc) is 2.71. The number of β-amino-alcohol motifs (C(OH)–C–C–N with tert-alkyl or cyclic N) is 1. The number of rotatable bonds is 3. The summed E-state index contributed by atoms with van der Waals surface area (Å²) in [5, 5.41) is 29.3. The van der Waals surface area contributed by atoms with Crippen LogP contribution >= 0.6 is 0 Å². The van der Waals surface area contributed by atoms with E-state index in [2.05, 4.69) is 4.98 Å². The number of nitro groups is 1. The van der Waals surface area contributed by atoms with Gasteiger partial charge in [-0.1, -0.05) is 0 Å². The van der Waals surface area contributed by atoms with Crippen molar-refractivity contribution >= 4 is 17.5 Å². The molecular weight excluding hydrogens is 254 g/mol. The Morgan fingerprint density at radius 3 is 2.84 bits per heavy atom. The molecule has 1 fully saturated rings. The minimum absolute atomic E-state index is 0.118. The van der Waals surface area contributed by atoms with E-state index in [9.17, 15) is 20.0 Å². The highest BCUT2D eigenvalue weighted by molar-refractivity contribution is 5.79. The maximum Gasteiger partial charge on any atom is 0.326 e. The van der Waals surface area contributed by atoms with E-state index in [1.165, 1.54) is 11.0 Å². The normalized spacial score (nSPS) is 22.5. The lowest BCUT2D eigenvalue weighted by atomic mass is 10.2. The first-order chi connectivity index (χ1) is 8.90. The van der Waals surface area contributed by atoms with Crippen LogP contribution in [0.4, 0.5) is 11.5 Å². The Hall–Kier alpha value is -2.22. The minimum Gasteiger partial charge on any atom is -0.480 e. The Morgan fingerprint density at radius 1 is 1.63 bits per heavy atom. The fourth-order valence-corrected chi connectivity index (χ4v) is 2.24. The van der Waals surface area contributed by atoms with E-state index in [0.29, 0.717) is 11.4 Å². The van der Waals surface area contributed by atoms with Gasteiger partial charge in [-0.2, -0.15) is 0 Å². The number of nitrogens with zero attached hydrogens (tertiary/aromatic N) is 3. The molecule has 102 valence electrons. The number of anilines is 1. The largest absolute Gasteiger partial charge is 0.480 e. The summed E-state index contributed by atoms with van der Waals surface area (Å²) in [6.45, 7) is 1.78. The number of hydrogen-bond acceptors (Lipinski definition) is 6. The molecule has 0 aromatic carbocycles. The second kappa shape index (κ2) is 4.81. The Kier molecular flexibility index (Phi) is 3.34. The van der Waals surface area contributed by atoms with E-state index < -0.39 is 23.0 Å². The van der Waals surface area contributed by atoms with Gasteiger partial charge in [-0.3, -0.25) is 10.1 Å². The number of carbonyl (C=O) groups is 1. The van der Waals surface area contributed by atoms with Crippen LogP contribution in [0.25, 0.3) is 0 Å². The lowest BCUT2D eigenvalue weighted by molar-refractivity contribution is -0.385. The first-order valence-corrected chi connectivity index (χ1v) is 5.68. The summed E-state index contributed by atoms with van der Waals surface area (Å²) in [5.74, 6) is -0.689. The van der Waals surface area contributed by atoms with Gasteiger partial charge in [-0.15, -0.1) is 0 Å². The predicted molar refractivity (Wildman–Crippen MR) is 65.0 cm³/mol. The van der Waals surface area contributed by atoms with Crippen LogP contribution in [0.2, 0.25) is 0 Å². The second-order valence-corrected chi connectivity index (χ2v) is 4.49. The van der Waals surface area contributed by atoms with E-state index in [-0.39, 0.29) is 18.7 Å². The van der Waals surface area contributed by atoms with Gasteiger partial charge in [0.25, 0.3) is 5.69 Å². The first-order valence-electron chi connectivity index (χ1n) is 5.68. The van der Waals surface area contributed by atoms with Gasteiger partial charge in [0.2, 0.25) is 0 Å². The third kappa shape index (κ3) is 2.48. The number of aryl methyl sites for hydroxylation is 1. The Balaban J connectivity index is 2.36. The highest BCUT2D eigenvalue weighted by atomic mass is 16.6. The van der Waals surface area contributed by atoms with Gasteiger partial charge in [-0.05, 0) is 12.5 Å². The van der Waals surface area contributed by atoms with Crippen LogP contribution < -0.4 is 4.90 Å². The fourth-order valence-electron chi connectivity index (χ4n) is 2.24. The molecule has 1 aromatic rings. The molecule has 8 nitrogen and oxygen atoms in total. The molecular formula is C11H13N3O5. The van der Waals surface area contributed by atoms with Gasteiger partial charge in [0.15, 0.2) is 0 Å². The molecule has 2 N–H and O–H groups in total. The van der Waals surface area contributed by atoms with Crippen molar-refractivity contribution in [3.63, 3.8) is 0 Å². The zero-order valence-corrected chi connectivity index (χ0v) is 10.2. The van der Waals surface area contributed by atoms with Crippen molar-refractivity contribution in [3.8, 4) is 0 Å². The van der Waals surface area contributed by atoms with Crippen molar-refractivity contribution in [2.24, 2.45) is 0 Å². The zero-order valence-electron chi connectivity index (χ0n) is 10.2. The molecule has 0 spiro atoms. The van der Waals surface area contributed by atoms with E-state index in [4.69, 9.17) is 5.11 Å². The molecule has 2 atom stereocenters. The summed E-state index contributed by atoms with van der Waals surface area (Å²) in [4.78, 5) is 26.6. The number of carboxylic acid groups (broad SMARTS) is 1. The number of carboxylic acids is 1. The molecule has 1 aromatic heterocycles. The average molecular weight is 267 g/mol. The predicted octanol–water partition coefficient (Wildman–Crippen LogP) is 0.322. The summed E-state index contributed by atoms with van der Waals surface area (Å²) in [6, 6.07) is 0.481. The SMILES string of the molecule is Cc1cc([N+](=O)[O-])cnc1N1CC(O)CC1C(=O)O. The molecule has 1 aliphatic heterocycles. The molecule has 0 saturated carbocycles. The summed E-state index contributed by atoms with van der Waals surface area (Å²) in [6.07, 6.45) is 0.469. The van der Waals surface area contributed by atoms with Crippen LogP contribution in [0.3, 0.4) is 0 Å². The molecule has 0 amide bonds. The van der Waals surface area contributed by atoms with Crippen molar-refractivity contribution in [1.29, 1.82) is 0 Å². The first kappa shape index (κ1) is 13.2. The van der Waals surface area contributed by atoms with E-state index >= 15 is 0 Å². The Morgan fingerprint density at radius 2 is 2.32 bits per heavy atom. The van der Waals surface area contributed by atoms with E-state index in [1.54, 1.807) is 6.92 Å². The maximum atomic E-state index is 11.1. The highest BCUT2D eigenvalue weighted by Gasteiger charge is 2.37. The van der Waals surface area contributed by atoms with Crippen LogP contribution in [0, 0.1) is 17.0 Å². The third-order valence-corrected chi connectivity index (χ3v) is 3.08. The standard InChI is InChI=1S/C11H13N3O5/c1-6-2-7(14(18)19)4-12-10(6)13-5-8(15)3-9(13)11(16)17/h2,4,8-9,15H,3,5H2,1H3,(H,16,17). The lowest BCUT2D eigenvalue weighted by Crippen LogP contribution is -2.37. The van der Waals surface area contributed by atoms with Crippen LogP contribution in [0.1, 0.15) is 12.0 Å². The highest BCUT2D eigenvalue weighted by Crippen LogP contribution is 2.28. The Labute approximate surface area is 108 Å². The van der Waals surface area contributed by atoms with Gasteiger partial charge < -0.3 is 15.1 Å². The van der Waals surface area contributed by atoms with Gasteiger partial charge in [0.05, 0.1) is 11.0 Å². The molecule has 8 heteroatoms. The van der Waals surface area contributed by atoms with Gasteiger partial charge in [-0.25, -0.2) is 9.78 Å². The van der Waals surface area contributed by atoms with Crippen molar-refractivity contribution in [2.75, 3.05) is 11.4 Å². The van der Waals surface area contributed by atoms with Crippen molar-refractivity contribution in [2.45, 2.75) is 25.5 Å². The summed E-state index contributed by atoms with van der Waals surface area (Å²) in [5.41, 5.74) is 0.363. The summed E-state index contributed by atoms with van der Waals surface area (Å²) < 4.78 is 0. The topological polar surface area (TPSA) is 117 Å². The molecule has 0 radical (unpaired) electrons. The van der Waals surface area contributed by atoms with Crippen LogP contribution in [-0.2, 0) is 4.79 Å². The molecule has 2 heterocycles. The van der Waals surface area contributed by atoms with E-state index in [1.807, 2.05) is 0 Å². The molecule has 19 heavy (non-hydrogen) atoms. The summed E-state index contributed by atoms with van der Waals surface area (Å²) >= 11 is 0. The minimum atomic E-state index is -1.05. The maximum absolute atomic E-state index is 11.1. The number of aliphatic carboxylic acids is 1. The molecule has 2 rings (SSSR count). The molecule has 0 bridgehead atoms. The second-order valence-electron chi connectivity index (χ2n) is 4.49. The van der Waals surface area contributed by atoms with Crippen molar-refractivity contribution in [3.05, 3.63) is 27.9 Å². The Bertz CT molecular complexity index is 533. The van der Waals surface area contributed by atoms with Crippen LogP contribution in [-0.4, -0.2) is 44.8 Å². The van der Waals surface area contributed by atoms with Crippen molar-refractivity contribution < 1.29 is 19.9 Å². The van der Waals surface area contributed by atoms with Gasteiger partial charge >= 0.3 is 5.97 Å². The fraction of sp³-hybridized carbons (Fsp3) is 0.455. The van der Waals surface area contributed by atoms with Crippen LogP contribution in [0.15, 0.2) is 12.3 Å². The monoisotopic (exact) mass is 267 g/mol. The smallest absolute Gasteiger partial charge is 0.326 e.